The molecule has 1 aliphatic heterocycles. The van der Waals surface area contributed by atoms with Gasteiger partial charge in [0, 0.05) is 27.1 Å². The maximum absolute atomic E-state index is 12.4. The van der Waals surface area contributed by atoms with E-state index in [1.54, 1.807) is 24.6 Å². The van der Waals surface area contributed by atoms with Gasteiger partial charge < -0.3 is 18.9 Å². The van der Waals surface area contributed by atoms with Crippen LogP contribution in [0.15, 0.2) is 41.8 Å². The van der Waals surface area contributed by atoms with Crippen molar-refractivity contribution < 1.29 is 23.7 Å². The third-order valence-electron chi connectivity index (χ3n) is 4.16. The minimum Gasteiger partial charge on any atom is -0.497 e. The molecule has 0 radical (unpaired) electrons. The predicted molar refractivity (Wildman–Crippen MR) is 105 cm³/mol. The largest absolute Gasteiger partial charge is 0.497 e. The van der Waals surface area contributed by atoms with Gasteiger partial charge in [-0.25, -0.2) is 9.78 Å². The molecule has 8 heteroatoms. The molecule has 0 unspecified atom stereocenters. The fraction of sp³-hybridized carbons (Fsp3) is 0.200. The second kappa shape index (κ2) is 8.18. The molecule has 1 aliphatic rings. The van der Waals surface area contributed by atoms with Gasteiger partial charge in [-0.2, -0.15) is 0 Å². The first-order chi connectivity index (χ1) is 13.6. The summed E-state index contributed by atoms with van der Waals surface area (Å²) in [5, 5.41) is 2.95. The molecule has 1 aromatic heterocycles. The highest BCUT2D eigenvalue weighted by molar-refractivity contribution is 7.13. The van der Waals surface area contributed by atoms with Crippen molar-refractivity contribution in [3.8, 4) is 22.1 Å². The number of carbonyl (C=O) groups is 1. The smallest absolute Gasteiger partial charge is 0.358 e. The molecule has 0 spiro atoms. The summed E-state index contributed by atoms with van der Waals surface area (Å²) in [6, 6.07) is 11.0. The molecule has 0 saturated heterocycles. The zero-order chi connectivity index (χ0) is 19.5. The Labute approximate surface area is 170 Å². The van der Waals surface area contributed by atoms with Crippen LogP contribution in [0.5, 0.6) is 11.5 Å². The SMILES string of the molecule is COc1ccc(-c2nc(C(=O)OCc3cc(Cl)cc4c3OCOC4)cs2)cc1. The Kier molecular flexibility index (Phi) is 5.47. The van der Waals surface area contributed by atoms with Crippen molar-refractivity contribution >= 4 is 28.9 Å². The lowest BCUT2D eigenvalue weighted by Gasteiger charge is -2.20. The van der Waals surface area contributed by atoms with E-state index >= 15 is 0 Å². The lowest BCUT2D eigenvalue weighted by Crippen LogP contribution is -2.14. The Morgan fingerprint density at radius 2 is 2.11 bits per heavy atom. The second-order valence-electron chi connectivity index (χ2n) is 6.01. The van der Waals surface area contributed by atoms with Gasteiger partial charge in [-0.15, -0.1) is 11.3 Å². The number of aromatic nitrogens is 1. The van der Waals surface area contributed by atoms with Crippen LogP contribution < -0.4 is 9.47 Å². The lowest BCUT2D eigenvalue weighted by atomic mass is 10.1. The topological polar surface area (TPSA) is 66.9 Å². The third-order valence-corrected chi connectivity index (χ3v) is 5.27. The molecule has 6 nitrogen and oxygen atoms in total. The minimum atomic E-state index is -0.503. The van der Waals surface area contributed by atoms with Crippen molar-refractivity contribution in [2.45, 2.75) is 13.2 Å². The molecule has 0 aliphatic carbocycles. The molecule has 28 heavy (non-hydrogen) atoms. The summed E-state index contributed by atoms with van der Waals surface area (Å²) in [7, 11) is 1.61. The monoisotopic (exact) mass is 417 g/mol. The van der Waals surface area contributed by atoms with E-state index in [-0.39, 0.29) is 19.1 Å². The Balaban J connectivity index is 1.46. The highest BCUT2D eigenvalue weighted by Crippen LogP contribution is 2.32. The van der Waals surface area contributed by atoms with Crippen LogP contribution in [0.25, 0.3) is 10.6 Å². The zero-order valence-corrected chi connectivity index (χ0v) is 16.5. The van der Waals surface area contributed by atoms with Gasteiger partial charge in [-0.3, -0.25) is 0 Å². The van der Waals surface area contributed by atoms with E-state index in [1.807, 2.05) is 24.3 Å². The number of thiazole rings is 1. The molecule has 0 amide bonds. The summed E-state index contributed by atoms with van der Waals surface area (Å²) >= 11 is 7.51. The van der Waals surface area contributed by atoms with Crippen LogP contribution in [0.3, 0.4) is 0 Å². The van der Waals surface area contributed by atoms with E-state index in [9.17, 15) is 4.79 Å². The van der Waals surface area contributed by atoms with E-state index in [1.165, 1.54) is 11.3 Å². The number of benzene rings is 2. The Morgan fingerprint density at radius 1 is 1.29 bits per heavy atom. The molecule has 0 saturated carbocycles. The number of esters is 1. The fourth-order valence-corrected chi connectivity index (χ4v) is 3.87. The minimum absolute atomic E-state index is 0.0388. The standard InChI is InChI=1S/C20H16ClNO5S/c1-24-16-4-2-12(3-5-16)19-22-17(10-28-19)20(23)26-9-14-7-15(21)6-13-8-25-11-27-18(13)14/h2-7,10H,8-9,11H2,1H3. The Bertz CT molecular complexity index is 1000. The summed E-state index contributed by atoms with van der Waals surface area (Å²) in [6.07, 6.45) is 0. The number of fused-ring (bicyclic) bond motifs is 1. The average Bonchev–Trinajstić information content (AvgIpc) is 3.22. The summed E-state index contributed by atoms with van der Waals surface area (Å²) < 4.78 is 21.4. The maximum atomic E-state index is 12.4. The van der Waals surface area contributed by atoms with Crippen LogP contribution in [-0.4, -0.2) is 24.9 Å². The Hall–Kier alpha value is -2.61. The van der Waals surface area contributed by atoms with Gasteiger partial charge >= 0.3 is 5.97 Å². The maximum Gasteiger partial charge on any atom is 0.358 e. The van der Waals surface area contributed by atoms with Crippen LogP contribution in [-0.2, 0) is 22.7 Å². The van der Waals surface area contributed by atoms with Crippen molar-refractivity contribution in [3.63, 3.8) is 0 Å². The van der Waals surface area contributed by atoms with Gasteiger partial charge in [-0.05, 0) is 36.4 Å². The lowest BCUT2D eigenvalue weighted by molar-refractivity contribution is -0.0180. The molecule has 4 rings (SSSR count). The summed E-state index contributed by atoms with van der Waals surface area (Å²) in [5.74, 6) is 0.912. The molecule has 0 atom stereocenters. The van der Waals surface area contributed by atoms with E-state index in [4.69, 9.17) is 30.5 Å². The van der Waals surface area contributed by atoms with E-state index in [0.717, 1.165) is 21.9 Å². The van der Waals surface area contributed by atoms with E-state index < -0.39 is 5.97 Å². The number of ether oxygens (including phenoxy) is 4. The van der Waals surface area contributed by atoms with Crippen molar-refractivity contribution in [3.05, 3.63) is 63.6 Å². The predicted octanol–water partition coefficient (Wildman–Crippen LogP) is 4.70. The summed E-state index contributed by atoms with van der Waals surface area (Å²) in [4.78, 5) is 16.8. The highest BCUT2D eigenvalue weighted by atomic mass is 35.5. The van der Waals surface area contributed by atoms with E-state index in [0.29, 0.717) is 22.9 Å². The molecule has 144 valence electrons. The van der Waals surface area contributed by atoms with Crippen molar-refractivity contribution in [1.29, 1.82) is 0 Å². The first-order valence-electron chi connectivity index (χ1n) is 8.43. The Morgan fingerprint density at radius 3 is 2.89 bits per heavy atom. The summed E-state index contributed by atoms with van der Waals surface area (Å²) in [6.45, 7) is 0.609. The van der Waals surface area contributed by atoms with Crippen LogP contribution in [0.2, 0.25) is 5.02 Å². The van der Waals surface area contributed by atoms with Crippen LogP contribution >= 0.6 is 22.9 Å². The number of carbonyl (C=O) groups excluding carboxylic acids is 1. The number of hydrogen-bond donors (Lipinski definition) is 0. The molecule has 3 aromatic rings. The number of rotatable bonds is 5. The van der Waals surface area contributed by atoms with Crippen LogP contribution in [0.4, 0.5) is 0 Å². The zero-order valence-electron chi connectivity index (χ0n) is 14.9. The molecular formula is C20H16ClNO5S. The van der Waals surface area contributed by atoms with Gasteiger partial charge in [-0.1, -0.05) is 11.6 Å². The first kappa shape index (κ1) is 18.7. The van der Waals surface area contributed by atoms with Crippen molar-refractivity contribution in [2.24, 2.45) is 0 Å². The highest BCUT2D eigenvalue weighted by Gasteiger charge is 2.19. The van der Waals surface area contributed by atoms with Gasteiger partial charge in [0.2, 0.25) is 0 Å². The third kappa shape index (κ3) is 3.96. The van der Waals surface area contributed by atoms with Gasteiger partial charge in [0.05, 0.1) is 13.7 Å². The molecule has 0 fully saturated rings. The van der Waals surface area contributed by atoms with Crippen LogP contribution in [0.1, 0.15) is 21.6 Å². The number of halogens is 1. The molecular weight excluding hydrogens is 402 g/mol. The van der Waals surface area contributed by atoms with Gasteiger partial charge in [0.25, 0.3) is 0 Å². The second-order valence-corrected chi connectivity index (χ2v) is 7.30. The number of hydrogen-bond acceptors (Lipinski definition) is 7. The first-order valence-corrected chi connectivity index (χ1v) is 9.68. The normalized spacial score (nSPS) is 12.8. The number of methoxy groups -OCH3 is 1. The van der Waals surface area contributed by atoms with Gasteiger partial charge in [0.1, 0.15) is 23.1 Å². The van der Waals surface area contributed by atoms with Crippen LogP contribution in [0, 0.1) is 0 Å². The van der Waals surface area contributed by atoms with E-state index in [2.05, 4.69) is 4.98 Å². The molecule has 2 heterocycles. The number of nitrogens with zero attached hydrogens (tertiary/aromatic N) is 1. The fourth-order valence-electron chi connectivity index (χ4n) is 2.81. The molecule has 0 bridgehead atoms. The average molecular weight is 418 g/mol. The van der Waals surface area contributed by atoms with Crippen molar-refractivity contribution in [2.75, 3.05) is 13.9 Å². The van der Waals surface area contributed by atoms with Crippen molar-refractivity contribution in [1.82, 2.24) is 4.98 Å². The molecule has 0 N–H and O–H groups in total. The molecule has 2 aromatic carbocycles. The quantitative estimate of drug-likeness (QED) is 0.561. The van der Waals surface area contributed by atoms with Gasteiger partial charge in [0.15, 0.2) is 12.5 Å². The summed E-state index contributed by atoms with van der Waals surface area (Å²) in [5.41, 5.74) is 2.70.